The first-order chi connectivity index (χ1) is 12.5. The number of hydrogen-bond acceptors (Lipinski definition) is 4. The summed E-state index contributed by atoms with van der Waals surface area (Å²) in [5.41, 5.74) is 1.31. The first-order valence-corrected chi connectivity index (χ1v) is 9.24. The van der Waals surface area contributed by atoms with Crippen molar-refractivity contribution in [2.24, 2.45) is 0 Å². The van der Waals surface area contributed by atoms with Gasteiger partial charge in [0.05, 0.1) is 17.4 Å². The van der Waals surface area contributed by atoms with Crippen molar-refractivity contribution >= 4 is 29.3 Å². The Morgan fingerprint density at radius 2 is 2.00 bits per heavy atom. The van der Waals surface area contributed by atoms with Crippen LogP contribution < -0.4 is 5.32 Å². The number of carbonyl (C=O) groups is 1. The number of rotatable bonds is 6. The van der Waals surface area contributed by atoms with Gasteiger partial charge in [0.25, 0.3) is 0 Å². The lowest BCUT2D eigenvalue weighted by Crippen LogP contribution is -2.28. The second kappa shape index (κ2) is 8.33. The van der Waals surface area contributed by atoms with Crippen LogP contribution in [0.2, 0.25) is 5.02 Å². The van der Waals surface area contributed by atoms with Crippen LogP contribution in [0.5, 0.6) is 0 Å². The number of aromatic amines is 1. The molecule has 8 heteroatoms. The van der Waals surface area contributed by atoms with E-state index in [2.05, 4.69) is 20.5 Å². The van der Waals surface area contributed by atoms with E-state index >= 15 is 0 Å². The van der Waals surface area contributed by atoms with E-state index in [1.807, 2.05) is 19.1 Å². The van der Waals surface area contributed by atoms with Gasteiger partial charge in [0.15, 0.2) is 5.82 Å². The molecule has 2 aromatic carbocycles. The summed E-state index contributed by atoms with van der Waals surface area (Å²) in [6.07, 6.45) is 0. The van der Waals surface area contributed by atoms with E-state index in [1.54, 1.807) is 30.3 Å². The molecule has 3 aromatic rings. The molecule has 1 atom stereocenters. The van der Waals surface area contributed by atoms with Crippen molar-refractivity contribution < 1.29 is 9.18 Å². The molecule has 1 aromatic heterocycles. The van der Waals surface area contributed by atoms with Crippen LogP contribution in [0.15, 0.2) is 53.7 Å². The molecule has 0 bridgehead atoms. The fourth-order valence-corrected chi connectivity index (χ4v) is 3.07. The van der Waals surface area contributed by atoms with Crippen LogP contribution in [0.25, 0.3) is 11.4 Å². The maximum Gasteiger partial charge on any atom is 0.230 e. The normalized spacial score (nSPS) is 12.0. The molecule has 0 aliphatic heterocycles. The van der Waals surface area contributed by atoms with E-state index in [0.29, 0.717) is 21.6 Å². The molecule has 0 saturated heterocycles. The Labute approximate surface area is 159 Å². The van der Waals surface area contributed by atoms with Crippen molar-refractivity contribution in [2.45, 2.75) is 18.1 Å². The molecule has 2 N–H and O–H groups in total. The highest BCUT2D eigenvalue weighted by molar-refractivity contribution is 7.99. The van der Waals surface area contributed by atoms with Crippen LogP contribution in [0, 0.1) is 5.82 Å². The summed E-state index contributed by atoms with van der Waals surface area (Å²) in [4.78, 5) is 16.3. The fraction of sp³-hybridized carbons (Fsp3) is 0.167. The molecule has 134 valence electrons. The van der Waals surface area contributed by atoms with Crippen LogP contribution in [0.3, 0.4) is 0 Å². The van der Waals surface area contributed by atoms with E-state index < -0.39 is 0 Å². The Kier molecular flexibility index (Phi) is 5.90. The summed E-state index contributed by atoms with van der Waals surface area (Å²) in [6.45, 7) is 1.90. The van der Waals surface area contributed by atoms with Gasteiger partial charge in [0, 0.05) is 5.02 Å². The summed E-state index contributed by atoms with van der Waals surface area (Å²) in [5, 5.41) is 10.7. The summed E-state index contributed by atoms with van der Waals surface area (Å²) in [7, 11) is 0. The van der Waals surface area contributed by atoms with Crippen molar-refractivity contribution in [3.63, 3.8) is 0 Å². The van der Waals surface area contributed by atoms with Gasteiger partial charge in [-0.1, -0.05) is 47.6 Å². The van der Waals surface area contributed by atoms with Crippen LogP contribution >= 0.6 is 23.4 Å². The minimum Gasteiger partial charge on any atom is -0.349 e. The lowest BCUT2D eigenvalue weighted by Gasteiger charge is -2.13. The predicted molar refractivity (Wildman–Crippen MR) is 101 cm³/mol. The Bertz CT molecular complexity index is 900. The molecule has 3 rings (SSSR count). The lowest BCUT2D eigenvalue weighted by molar-refractivity contribution is -0.119. The molecule has 0 aliphatic rings. The van der Waals surface area contributed by atoms with Gasteiger partial charge in [-0.15, -0.1) is 5.10 Å². The highest BCUT2D eigenvalue weighted by atomic mass is 35.5. The number of nitrogens with zero attached hydrogens (tertiary/aromatic N) is 2. The van der Waals surface area contributed by atoms with Crippen LogP contribution in [-0.2, 0) is 4.79 Å². The second-order valence-corrected chi connectivity index (χ2v) is 6.95. The van der Waals surface area contributed by atoms with Gasteiger partial charge < -0.3 is 5.32 Å². The number of H-pyrrole nitrogens is 1. The van der Waals surface area contributed by atoms with E-state index in [4.69, 9.17) is 11.6 Å². The van der Waals surface area contributed by atoms with Crippen molar-refractivity contribution in [3.8, 4) is 11.4 Å². The van der Waals surface area contributed by atoms with Gasteiger partial charge in [-0.3, -0.25) is 9.89 Å². The van der Waals surface area contributed by atoms with Crippen molar-refractivity contribution in [1.82, 2.24) is 20.5 Å². The van der Waals surface area contributed by atoms with Gasteiger partial charge in [-0.2, -0.15) is 0 Å². The van der Waals surface area contributed by atoms with Crippen LogP contribution in [-0.4, -0.2) is 26.8 Å². The quantitative estimate of drug-likeness (QED) is 0.618. The second-order valence-electron chi connectivity index (χ2n) is 5.58. The lowest BCUT2D eigenvalue weighted by atomic mass is 10.1. The van der Waals surface area contributed by atoms with E-state index in [1.165, 1.54) is 17.8 Å². The first-order valence-electron chi connectivity index (χ1n) is 7.88. The van der Waals surface area contributed by atoms with Crippen molar-refractivity contribution in [2.75, 3.05) is 5.75 Å². The zero-order chi connectivity index (χ0) is 18.5. The molecule has 0 radical (unpaired) electrons. The molecule has 0 spiro atoms. The Hall–Kier alpha value is -2.38. The molecule has 0 unspecified atom stereocenters. The highest BCUT2D eigenvalue weighted by Crippen LogP contribution is 2.22. The van der Waals surface area contributed by atoms with Gasteiger partial charge in [-0.05, 0) is 36.8 Å². The van der Waals surface area contributed by atoms with Gasteiger partial charge in [0.1, 0.15) is 5.82 Å². The maximum atomic E-state index is 13.8. The van der Waals surface area contributed by atoms with E-state index in [9.17, 15) is 9.18 Å². The summed E-state index contributed by atoms with van der Waals surface area (Å²) < 4.78 is 13.8. The third-order valence-electron chi connectivity index (χ3n) is 3.67. The van der Waals surface area contributed by atoms with Crippen molar-refractivity contribution in [3.05, 3.63) is 64.9 Å². The fourth-order valence-electron chi connectivity index (χ4n) is 2.33. The number of amides is 1. The third kappa shape index (κ3) is 4.62. The molecule has 0 aliphatic carbocycles. The number of benzene rings is 2. The summed E-state index contributed by atoms with van der Waals surface area (Å²) in [5.74, 6) is -0.0306. The Balaban J connectivity index is 1.55. The van der Waals surface area contributed by atoms with Crippen LogP contribution in [0.4, 0.5) is 4.39 Å². The molecular formula is C18H16ClFN4OS. The molecule has 5 nitrogen and oxygen atoms in total. The Morgan fingerprint density at radius 3 is 2.73 bits per heavy atom. The molecule has 26 heavy (non-hydrogen) atoms. The zero-order valence-corrected chi connectivity index (χ0v) is 15.4. The van der Waals surface area contributed by atoms with Gasteiger partial charge in [-0.25, -0.2) is 9.37 Å². The third-order valence-corrected chi connectivity index (χ3v) is 4.77. The highest BCUT2D eigenvalue weighted by Gasteiger charge is 2.13. The maximum absolute atomic E-state index is 13.8. The van der Waals surface area contributed by atoms with E-state index in [0.717, 1.165) is 5.56 Å². The molecule has 1 amide bonds. The SMILES string of the molecule is C[C@H](NC(=O)CSc1n[nH]c(-c2ccccc2F)n1)c1ccc(Cl)cc1. The zero-order valence-electron chi connectivity index (χ0n) is 13.9. The molecule has 0 saturated carbocycles. The number of thioether (sulfide) groups is 1. The first kappa shape index (κ1) is 18.4. The topological polar surface area (TPSA) is 70.7 Å². The molecule has 0 fully saturated rings. The Morgan fingerprint density at radius 1 is 1.27 bits per heavy atom. The average Bonchev–Trinajstić information content (AvgIpc) is 3.09. The van der Waals surface area contributed by atoms with E-state index in [-0.39, 0.29) is 23.5 Å². The number of aromatic nitrogens is 3. The smallest absolute Gasteiger partial charge is 0.230 e. The minimum absolute atomic E-state index is 0.138. The number of hydrogen-bond donors (Lipinski definition) is 2. The largest absolute Gasteiger partial charge is 0.349 e. The minimum atomic E-state index is -0.380. The summed E-state index contributed by atoms with van der Waals surface area (Å²) in [6, 6.07) is 13.5. The number of halogens is 2. The van der Waals surface area contributed by atoms with Crippen LogP contribution in [0.1, 0.15) is 18.5 Å². The number of carbonyl (C=O) groups excluding carboxylic acids is 1. The number of nitrogens with one attached hydrogen (secondary N) is 2. The molecular weight excluding hydrogens is 375 g/mol. The molecule has 1 heterocycles. The van der Waals surface area contributed by atoms with Gasteiger partial charge >= 0.3 is 0 Å². The van der Waals surface area contributed by atoms with Gasteiger partial charge in [0.2, 0.25) is 11.1 Å². The average molecular weight is 391 g/mol. The standard InChI is InChI=1S/C18H16ClFN4OS/c1-11(12-6-8-13(19)9-7-12)21-16(25)10-26-18-22-17(23-24-18)14-4-2-3-5-15(14)20/h2-9,11H,10H2,1H3,(H,21,25)(H,22,23,24)/t11-/m0/s1. The monoisotopic (exact) mass is 390 g/mol. The van der Waals surface area contributed by atoms with Crippen molar-refractivity contribution in [1.29, 1.82) is 0 Å². The predicted octanol–water partition coefficient (Wildman–Crippen LogP) is 4.23. The summed E-state index contributed by atoms with van der Waals surface area (Å²) >= 11 is 7.05.